The summed E-state index contributed by atoms with van der Waals surface area (Å²) in [6.45, 7) is 13.7. The summed E-state index contributed by atoms with van der Waals surface area (Å²) < 4.78 is 10.6. The van der Waals surface area contributed by atoms with E-state index in [0.29, 0.717) is 25.9 Å². The third kappa shape index (κ3) is 18.0. The van der Waals surface area contributed by atoms with Gasteiger partial charge in [-0.25, -0.2) is 4.79 Å². The van der Waals surface area contributed by atoms with Crippen molar-refractivity contribution >= 4 is 18.0 Å². The first-order valence-corrected chi connectivity index (χ1v) is 10.8. The van der Waals surface area contributed by atoms with E-state index in [0.717, 1.165) is 25.7 Å². The van der Waals surface area contributed by atoms with Crippen LogP contribution in [0.15, 0.2) is 0 Å². The van der Waals surface area contributed by atoms with Crippen molar-refractivity contribution in [3.63, 3.8) is 0 Å². The number of rotatable bonds is 12. The average molecular weight is 415 g/mol. The molecule has 1 unspecified atom stereocenters. The maximum absolute atomic E-state index is 12.0. The summed E-state index contributed by atoms with van der Waals surface area (Å²) in [5.74, 6) is -0.374. The highest BCUT2D eigenvalue weighted by Crippen LogP contribution is 2.13. The monoisotopic (exact) mass is 414 g/mol. The van der Waals surface area contributed by atoms with E-state index in [2.05, 4.69) is 17.6 Å². The third-order valence-electron chi connectivity index (χ3n) is 3.96. The lowest BCUT2D eigenvalue weighted by Gasteiger charge is -2.23. The first-order valence-electron chi connectivity index (χ1n) is 10.8. The van der Waals surface area contributed by atoms with Gasteiger partial charge in [0, 0.05) is 25.9 Å². The van der Waals surface area contributed by atoms with Crippen LogP contribution in [0.1, 0.15) is 93.4 Å². The lowest BCUT2D eigenvalue weighted by Crippen LogP contribution is -2.39. The van der Waals surface area contributed by atoms with E-state index >= 15 is 0 Å². The lowest BCUT2D eigenvalue weighted by molar-refractivity contribution is -0.155. The van der Waals surface area contributed by atoms with Gasteiger partial charge >= 0.3 is 12.1 Å². The van der Waals surface area contributed by atoms with Gasteiger partial charge in [0.15, 0.2) is 0 Å². The standard InChI is InChI=1S/C22H42N2O5/c1-8-9-10-11-12-18(25)23-15-17(13-14-19(26)28-21(2,3)4)16-24-20(27)29-22(5,6)7/h17H,8-16H2,1-7H3,(H,23,25)(H,24,27). The predicted octanol–water partition coefficient (Wildman–Crippen LogP) is 4.34. The van der Waals surface area contributed by atoms with Crippen molar-refractivity contribution in [3.05, 3.63) is 0 Å². The Labute approximate surface area is 176 Å². The van der Waals surface area contributed by atoms with Crippen molar-refractivity contribution < 1.29 is 23.9 Å². The van der Waals surface area contributed by atoms with Crippen LogP contribution < -0.4 is 10.6 Å². The Morgan fingerprint density at radius 2 is 1.38 bits per heavy atom. The van der Waals surface area contributed by atoms with E-state index in [4.69, 9.17) is 9.47 Å². The molecule has 170 valence electrons. The van der Waals surface area contributed by atoms with Crippen molar-refractivity contribution in [1.29, 1.82) is 0 Å². The van der Waals surface area contributed by atoms with Gasteiger partial charge in [0.2, 0.25) is 5.91 Å². The van der Waals surface area contributed by atoms with E-state index < -0.39 is 17.3 Å². The molecule has 0 aromatic rings. The molecular weight excluding hydrogens is 372 g/mol. The summed E-state index contributed by atoms with van der Waals surface area (Å²) in [6, 6.07) is 0. The molecule has 0 radical (unpaired) electrons. The Morgan fingerprint density at radius 1 is 0.793 bits per heavy atom. The lowest BCUT2D eigenvalue weighted by atomic mass is 10.0. The summed E-state index contributed by atoms with van der Waals surface area (Å²) >= 11 is 0. The largest absolute Gasteiger partial charge is 0.460 e. The van der Waals surface area contributed by atoms with Crippen molar-refractivity contribution in [3.8, 4) is 0 Å². The van der Waals surface area contributed by atoms with Crippen LogP contribution in [0.25, 0.3) is 0 Å². The first kappa shape index (κ1) is 27.2. The third-order valence-corrected chi connectivity index (χ3v) is 3.96. The van der Waals surface area contributed by atoms with Crippen LogP contribution in [0.4, 0.5) is 4.79 Å². The van der Waals surface area contributed by atoms with Gasteiger partial charge in [-0.3, -0.25) is 9.59 Å². The Kier molecular flexibility index (Phi) is 12.6. The number of ether oxygens (including phenoxy) is 2. The zero-order valence-corrected chi connectivity index (χ0v) is 19.5. The van der Waals surface area contributed by atoms with Gasteiger partial charge in [-0.2, -0.15) is 0 Å². The number of carbonyl (C=O) groups excluding carboxylic acids is 3. The topological polar surface area (TPSA) is 93.7 Å². The molecule has 0 aliphatic heterocycles. The molecule has 0 rings (SSSR count). The molecule has 0 saturated carbocycles. The Hall–Kier alpha value is -1.79. The molecule has 1 atom stereocenters. The Bertz CT molecular complexity index is 474. The summed E-state index contributed by atoms with van der Waals surface area (Å²) in [5, 5.41) is 5.65. The van der Waals surface area contributed by atoms with Crippen LogP contribution in [0.2, 0.25) is 0 Å². The van der Waals surface area contributed by atoms with Crippen LogP contribution in [-0.2, 0) is 19.1 Å². The van der Waals surface area contributed by atoms with Gasteiger partial charge in [-0.1, -0.05) is 26.2 Å². The Morgan fingerprint density at radius 3 is 1.93 bits per heavy atom. The highest BCUT2D eigenvalue weighted by Gasteiger charge is 2.21. The number of esters is 1. The molecule has 0 aliphatic rings. The molecule has 7 heteroatoms. The molecule has 0 aromatic carbocycles. The minimum Gasteiger partial charge on any atom is -0.460 e. The number of hydrogen-bond acceptors (Lipinski definition) is 5. The van der Waals surface area contributed by atoms with Crippen LogP contribution in [0.3, 0.4) is 0 Å². The van der Waals surface area contributed by atoms with Gasteiger partial charge in [0.25, 0.3) is 0 Å². The fraction of sp³-hybridized carbons (Fsp3) is 0.864. The summed E-state index contributed by atoms with van der Waals surface area (Å²) in [5.41, 5.74) is -1.11. The molecule has 0 spiro atoms. The van der Waals surface area contributed by atoms with Crippen LogP contribution in [0, 0.1) is 5.92 Å². The van der Waals surface area contributed by atoms with Gasteiger partial charge in [0.1, 0.15) is 11.2 Å². The second-order valence-electron chi connectivity index (χ2n) is 9.49. The van der Waals surface area contributed by atoms with Crippen LogP contribution in [-0.4, -0.2) is 42.3 Å². The number of alkyl carbamates (subject to hydrolysis) is 1. The van der Waals surface area contributed by atoms with Crippen molar-refractivity contribution in [1.82, 2.24) is 10.6 Å². The van der Waals surface area contributed by atoms with E-state index in [1.807, 2.05) is 20.8 Å². The smallest absolute Gasteiger partial charge is 0.407 e. The van der Waals surface area contributed by atoms with E-state index in [9.17, 15) is 14.4 Å². The molecule has 7 nitrogen and oxygen atoms in total. The summed E-state index contributed by atoms with van der Waals surface area (Å²) in [7, 11) is 0. The molecule has 0 fully saturated rings. The quantitative estimate of drug-likeness (QED) is 0.366. The number of nitrogens with one attached hydrogen (secondary N) is 2. The molecule has 0 bridgehead atoms. The number of hydrogen-bond donors (Lipinski definition) is 2. The van der Waals surface area contributed by atoms with E-state index in [1.165, 1.54) is 0 Å². The molecular formula is C22H42N2O5. The van der Waals surface area contributed by atoms with Gasteiger partial charge in [0.05, 0.1) is 0 Å². The predicted molar refractivity (Wildman–Crippen MR) is 115 cm³/mol. The van der Waals surface area contributed by atoms with E-state index in [1.54, 1.807) is 20.8 Å². The zero-order chi connectivity index (χ0) is 22.5. The summed E-state index contributed by atoms with van der Waals surface area (Å²) in [4.78, 5) is 36.0. The van der Waals surface area contributed by atoms with Gasteiger partial charge < -0.3 is 20.1 Å². The van der Waals surface area contributed by atoms with Crippen LogP contribution in [0.5, 0.6) is 0 Å². The number of unbranched alkanes of at least 4 members (excludes halogenated alkanes) is 3. The zero-order valence-electron chi connectivity index (χ0n) is 19.5. The molecule has 0 heterocycles. The van der Waals surface area contributed by atoms with Crippen molar-refractivity contribution in [2.75, 3.05) is 13.1 Å². The fourth-order valence-electron chi connectivity index (χ4n) is 2.59. The minimum atomic E-state index is -0.581. The van der Waals surface area contributed by atoms with Gasteiger partial charge in [-0.05, 0) is 60.3 Å². The summed E-state index contributed by atoms with van der Waals surface area (Å²) in [6.07, 6.45) is 4.90. The molecule has 0 aliphatic carbocycles. The maximum Gasteiger partial charge on any atom is 0.407 e. The molecule has 2 N–H and O–H groups in total. The average Bonchev–Trinajstić information content (AvgIpc) is 2.54. The Balaban J connectivity index is 4.56. The van der Waals surface area contributed by atoms with Crippen molar-refractivity contribution in [2.24, 2.45) is 5.92 Å². The minimum absolute atomic E-state index is 0.000592. The van der Waals surface area contributed by atoms with Gasteiger partial charge in [-0.15, -0.1) is 0 Å². The van der Waals surface area contributed by atoms with Crippen molar-refractivity contribution in [2.45, 2.75) is 105 Å². The number of amides is 2. The highest BCUT2D eigenvalue weighted by molar-refractivity contribution is 5.75. The molecule has 0 saturated heterocycles. The molecule has 0 aromatic heterocycles. The normalized spacial score (nSPS) is 12.8. The highest BCUT2D eigenvalue weighted by atomic mass is 16.6. The fourth-order valence-corrected chi connectivity index (χ4v) is 2.59. The SMILES string of the molecule is CCCCCCC(=O)NCC(CCC(=O)OC(C)(C)C)CNC(=O)OC(C)(C)C. The first-order chi connectivity index (χ1) is 13.3. The van der Waals surface area contributed by atoms with Crippen LogP contribution >= 0.6 is 0 Å². The molecule has 2 amide bonds. The number of carbonyl (C=O) groups is 3. The van der Waals surface area contributed by atoms with E-state index in [-0.39, 0.29) is 24.2 Å². The molecule has 29 heavy (non-hydrogen) atoms. The maximum atomic E-state index is 12.0. The second kappa shape index (κ2) is 13.4. The second-order valence-corrected chi connectivity index (χ2v) is 9.49.